The zero-order valence-corrected chi connectivity index (χ0v) is 6.79. The molecule has 1 unspecified atom stereocenters. The standard InChI is InChI=1S/C8H8FNO3/c9-4-2-1-3-5-6(4)7(8(11)12)10-13-5/h4H,1-3H2,(H,11,12). The fraction of sp³-hybridized carbons (Fsp3) is 0.500. The molecule has 4 nitrogen and oxygen atoms in total. The van der Waals surface area contributed by atoms with Crippen molar-refractivity contribution in [3.8, 4) is 0 Å². The highest BCUT2D eigenvalue weighted by Gasteiger charge is 2.30. The Balaban J connectivity index is 2.50. The Morgan fingerprint density at radius 2 is 2.46 bits per heavy atom. The number of carboxylic acid groups (broad SMARTS) is 1. The molecule has 1 atom stereocenters. The van der Waals surface area contributed by atoms with E-state index in [0.717, 1.165) is 0 Å². The molecule has 13 heavy (non-hydrogen) atoms. The number of hydrogen-bond acceptors (Lipinski definition) is 3. The number of nitrogens with zero attached hydrogens (tertiary/aromatic N) is 1. The van der Waals surface area contributed by atoms with E-state index in [1.54, 1.807) is 0 Å². The minimum Gasteiger partial charge on any atom is -0.476 e. The van der Waals surface area contributed by atoms with Gasteiger partial charge in [0.15, 0.2) is 5.69 Å². The highest BCUT2D eigenvalue weighted by atomic mass is 19.1. The van der Waals surface area contributed by atoms with Crippen molar-refractivity contribution >= 4 is 5.97 Å². The maximum absolute atomic E-state index is 13.3. The van der Waals surface area contributed by atoms with Gasteiger partial charge in [0.1, 0.15) is 11.9 Å². The third-order valence-electron chi connectivity index (χ3n) is 2.18. The number of fused-ring (bicyclic) bond motifs is 1. The molecule has 0 aliphatic heterocycles. The van der Waals surface area contributed by atoms with Gasteiger partial charge in [-0.1, -0.05) is 5.16 Å². The Hall–Kier alpha value is -1.39. The third kappa shape index (κ3) is 1.20. The summed E-state index contributed by atoms with van der Waals surface area (Å²) in [5, 5.41) is 12.0. The van der Waals surface area contributed by atoms with Crippen LogP contribution in [0.3, 0.4) is 0 Å². The van der Waals surface area contributed by atoms with Crippen molar-refractivity contribution in [2.75, 3.05) is 0 Å². The zero-order chi connectivity index (χ0) is 9.42. The minimum atomic E-state index is -1.24. The fourth-order valence-electron chi connectivity index (χ4n) is 1.57. The van der Waals surface area contributed by atoms with Gasteiger partial charge in [-0.15, -0.1) is 0 Å². The lowest BCUT2D eigenvalue weighted by molar-refractivity contribution is 0.0682. The Morgan fingerprint density at radius 1 is 1.69 bits per heavy atom. The number of alkyl halides is 1. The number of aromatic carboxylic acids is 1. The molecule has 1 aromatic heterocycles. The highest BCUT2D eigenvalue weighted by Crippen LogP contribution is 2.34. The van der Waals surface area contributed by atoms with Gasteiger partial charge in [-0.3, -0.25) is 0 Å². The summed E-state index contributed by atoms with van der Waals surface area (Å²) in [6.45, 7) is 0. The van der Waals surface area contributed by atoms with Gasteiger partial charge >= 0.3 is 5.97 Å². The molecule has 0 saturated heterocycles. The summed E-state index contributed by atoms with van der Waals surface area (Å²) in [5.41, 5.74) is -0.138. The van der Waals surface area contributed by atoms with Crippen molar-refractivity contribution in [1.29, 1.82) is 0 Å². The number of hydrogen-bond donors (Lipinski definition) is 1. The van der Waals surface area contributed by atoms with Crippen molar-refractivity contribution in [2.45, 2.75) is 25.4 Å². The second-order valence-corrected chi connectivity index (χ2v) is 3.03. The molecular weight excluding hydrogens is 177 g/mol. The van der Waals surface area contributed by atoms with Gasteiger partial charge in [-0.2, -0.15) is 0 Å². The monoisotopic (exact) mass is 185 g/mol. The van der Waals surface area contributed by atoms with Crippen LogP contribution < -0.4 is 0 Å². The van der Waals surface area contributed by atoms with Gasteiger partial charge in [0.2, 0.25) is 0 Å². The average molecular weight is 185 g/mol. The number of halogens is 1. The quantitative estimate of drug-likeness (QED) is 0.723. The van der Waals surface area contributed by atoms with Crippen LogP contribution in [0.4, 0.5) is 4.39 Å². The van der Waals surface area contributed by atoms with Crippen LogP contribution in [0, 0.1) is 0 Å². The predicted molar refractivity (Wildman–Crippen MR) is 40.2 cm³/mol. The second kappa shape index (κ2) is 2.83. The number of aromatic nitrogens is 1. The van der Waals surface area contributed by atoms with Gasteiger partial charge in [0.25, 0.3) is 0 Å². The van der Waals surface area contributed by atoms with E-state index in [1.165, 1.54) is 0 Å². The zero-order valence-electron chi connectivity index (χ0n) is 6.79. The van der Waals surface area contributed by atoms with E-state index in [4.69, 9.17) is 9.63 Å². The van der Waals surface area contributed by atoms with E-state index in [9.17, 15) is 9.18 Å². The molecule has 1 aliphatic rings. The maximum atomic E-state index is 13.3. The summed E-state index contributed by atoms with van der Waals surface area (Å²) in [6, 6.07) is 0. The Labute approximate surface area is 73.3 Å². The normalized spacial score (nSPS) is 21.2. The van der Waals surface area contributed by atoms with E-state index in [1.807, 2.05) is 0 Å². The third-order valence-corrected chi connectivity index (χ3v) is 2.18. The van der Waals surface area contributed by atoms with Crippen LogP contribution in [0.1, 0.15) is 40.8 Å². The molecule has 0 amide bonds. The van der Waals surface area contributed by atoms with Gasteiger partial charge < -0.3 is 9.63 Å². The van der Waals surface area contributed by atoms with Gasteiger partial charge in [0.05, 0.1) is 5.56 Å². The molecule has 0 saturated carbocycles. The van der Waals surface area contributed by atoms with Crippen molar-refractivity contribution in [1.82, 2.24) is 5.16 Å². The molecule has 0 spiro atoms. The van der Waals surface area contributed by atoms with E-state index >= 15 is 0 Å². The molecule has 0 aromatic carbocycles. The molecular formula is C8H8FNO3. The molecule has 0 fully saturated rings. The van der Waals surface area contributed by atoms with E-state index in [0.29, 0.717) is 25.0 Å². The largest absolute Gasteiger partial charge is 0.476 e. The van der Waals surface area contributed by atoms with Crippen LogP contribution in [0.25, 0.3) is 0 Å². The first-order chi connectivity index (χ1) is 6.20. The molecule has 1 aromatic rings. The van der Waals surface area contributed by atoms with E-state index in [-0.39, 0.29) is 11.3 Å². The molecule has 0 bridgehead atoms. The lowest BCUT2D eigenvalue weighted by Crippen LogP contribution is -2.09. The first kappa shape index (κ1) is 8.22. The smallest absolute Gasteiger partial charge is 0.358 e. The number of rotatable bonds is 1. The Bertz CT molecular complexity index is 347. The van der Waals surface area contributed by atoms with Crippen molar-refractivity contribution in [3.05, 3.63) is 17.0 Å². The molecule has 5 heteroatoms. The van der Waals surface area contributed by atoms with Crippen LogP contribution in [0.5, 0.6) is 0 Å². The highest BCUT2D eigenvalue weighted by molar-refractivity contribution is 5.87. The van der Waals surface area contributed by atoms with Gasteiger partial charge in [-0.25, -0.2) is 9.18 Å². The first-order valence-corrected chi connectivity index (χ1v) is 4.06. The van der Waals surface area contributed by atoms with Crippen molar-refractivity contribution in [3.63, 3.8) is 0 Å². The summed E-state index contributed by atoms with van der Waals surface area (Å²) in [6.07, 6.45) is 0.383. The maximum Gasteiger partial charge on any atom is 0.358 e. The molecule has 70 valence electrons. The van der Waals surface area contributed by atoms with Crippen molar-refractivity contribution in [2.24, 2.45) is 0 Å². The predicted octanol–water partition coefficient (Wildman–Crippen LogP) is 1.72. The molecule has 1 N–H and O–H groups in total. The topological polar surface area (TPSA) is 63.3 Å². The van der Waals surface area contributed by atoms with E-state index in [2.05, 4.69) is 5.16 Å². The minimum absolute atomic E-state index is 0.138. The summed E-state index contributed by atoms with van der Waals surface area (Å²) in [7, 11) is 0. The Kier molecular flexibility index (Phi) is 1.79. The summed E-state index contributed by atoms with van der Waals surface area (Å²) < 4.78 is 18.0. The summed E-state index contributed by atoms with van der Waals surface area (Å²) in [4.78, 5) is 10.6. The molecule has 0 radical (unpaired) electrons. The summed E-state index contributed by atoms with van der Waals surface area (Å²) in [5.74, 6) is -0.842. The SMILES string of the molecule is O=C(O)c1noc2c1C(F)CCC2. The first-order valence-electron chi connectivity index (χ1n) is 4.06. The molecule has 2 rings (SSSR count). The average Bonchev–Trinajstić information content (AvgIpc) is 2.49. The van der Waals surface area contributed by atoms with Crippen molar-refractivity contribution < 1.29 is 18.8 Å². The fourth-order valence-corrected chi connectivity index (χ4v) is 1.57. The van der Waals surface area contributed by atoms with Crippen LogP contribution in [0.2, 0.25) is 0 Å². The second-order valence-electron chi connectivity index (χ2n) is 3.03. The lowest BCUT2D eigenvalue weighted by Gasteiger charge is -2.12. The number of aryl methyl sites for hydroxylation is 1. The molecule has 1 aliphatic carbocycles. The van der Waals surface area contributed by atoms with Crippen LogP contribution in [-0.2, 0) is 6.42 Å². The number of carboxylic acids is 1. The van der Waals surface area contributed by atoms with Crippen LogP contribution >= 0.6 is 0 Å². The van der Waals surface area contributed by atoms with Gasteiger partial charge in [0, 0.05) is 6.42 Å². The summed E-state index contributed by atoms with van der Waals surface area (Å²) >= 11 is 0. The van der Waals surface area contributed by atoms with E-state index < -0.39 is 12.1 Å². The molecule has 1 heterocycles. The van der Waals surface area contributed by atoms with Crippen LogP contribution in [-0.4, -0.2) is 16.2 Å². The van der Waals surface area contributed by atoms with Crippen LogP contribution in [0.15, 0.2) is 4.52 Å². The number of carbonyl (C=O) groups is 1. The van der Waals surface area contributed by atoms with Gasteiger partial charge in [-0.05, 0) is 12.8 Å². The Morgan fingerprint density at radius 3 is 3.15 bits per heavy atom. The lowest BCUT2D eigenvalue weighted by atomic mass is 9.95.